The molecule has 0 fully saturated rings. The molecular weight excluding hydrogens is 308 g/mol. The molecule has 0 radical (unpaired) electrons. The molecule has 1 heterocycles. The Labute approximate surface area is 116 Å². The summed E-state index contributed by atoms with van der Waals surface area (Å²) in [7, 11) is 0. The lowest BCUT2D eigenvalue weighted by Crippen LogP contribution is -2.31. The summed E-state index contributed by atoms with van der Waals surface area (Å²) < 4.78 is 0. The van der Waals surface area contributed by atoms with E-state index in [4.69, 9.17) is 46.4 Å². The lowest BCUT2D eigenvalue weighted by Gasteiger charge is -2.16. The third kappa shape index (κ3) is 1.93. The number of imide groups is 1. The Bertz CT molecular complexity index is 543. The minimum atomic E-state index is -0.717. The first-order valence-electron chi connectivity index (χ1n) is 4.33. The summed E-state index contributed by atoms with van der Waals surface area (Å²) in [5, 5.41) is -0.337. The topological polar surface area (TPSA) is 37.4 Å². The van der Waals surface area contributed by atoms with Crippen LogP contribution in [0.4, 0.5) is 5.69 Å². The van der Waals surface area contributed by atoms with Crippen LogP contribution in [0.2, 0.25) is 10.0 Å². The van der Waals surface area contributed by atoms with Crippen molar-refractivity contribution in [1.82, 2.24) is 0 Å². The van der Waals surface area contributed by atoms with Crippen LogP contribution in [0.5, 0.6) is 0 Å². The average molecular weight is 311 g/mol. The standard InChI is InChI=1S/C10H3Cl4NO2/c11-4-2-1-3-5(6(4)12)15-9(16)7(13)8(14)10(15)17/h1-3H. The molecule has 1 aromatic carbocycles. The van der Waals surface area contributed by atoms with Crippen LogP contribution in [0, 0.1) is 0 Å². The number of halogens is 4. The van der Waals surface area contributed by atoms with Crippen molar-refractivity contribution in [3.8, 4) is 0 Å². The van der Waals surface area contributed by atoms with Gasteiger partial charge in [-0.25, -0.2) is 4.90 Å². The Morgan fingerprint density at radius 3 is 1.94 bits per heavy atom. The first-order valence-corrected chi connectivity index (χ1v) is 5.84. The molecule has 1 aliphatic rings. The van der Waals surface area contributed by atoms with Crippen molar-refractivity contribution in [2.75, 3.05) is 4.90 Å². The maximum absolute atomic E-state index is 11.7. The molecular formula is C10H3Cl4NO2. The third-order valence-corrected chi connectivity index (χ3v) is 3.75. The van der Waals surface area contributed by atoms with Crippen LogP contribution >= 0.6 is 46.4 Å². The second kappa shape index (κ2) is 4.50. The van der Waals surface area contributed by atoms with Gasteiger partial charge in [-0.05, 0) is 12.1 Å². The average Bonchev–Trinajstić information content (AvgIpc) is 2.49. The summed E-state index contributed by atoms with van der Waals surface area (Å²) in [4.78, 5) is 24.2. The Kier molecular flexibility index (Phi) is 3.36. The van der Waals surface area contributed by atoms with Crippen LogP contribution < -0.4 is 4.90 Å². The van der Waals surface area contributed by atoms with Crippen molar-refractivity contribution in [2.45, 2.75) is 0 Å². The predicted octanol–water partition coefficient (Wildman–Crippen LogP) is 3.56. The Balaban J connectivity index is 2.55. The zero-order valence-corrected chi connectivity index (χ0v) is 11.0. The maximum atomic E-state index is 11.7. The van der Waals surface area contributed by atoms with Gasteiger partial charge in [0, 0.05) is 0 Å². The molecule has 2 rings (SSSR count). The Morgan fingerprint density at radius 2 is 1.41 bits per heavy atom. The van der Waals surface area contributed by atoms with Crippen molar-refractivity contribution in [2.24, 2.45) is 0 Å². The van der Waals surface area contributed by atoms with Gasteiger partial charge in [-0.2, -0.15) is 0 Å². The van der Waals surface area contributed by atoms with Gasteiger partial charge in [-0.1, -0.05) is 52.5 Å². The quantitative estimate of drug-likeness (QED) is 0.744. The van der Waals surface area contributed by atoms with Crippen LogP contribution in [0.15, 0.2) is 28.3 Å². The number of benzene rings is 1. The zero-order chi connectivity index (χ0) is 12.7. The number of carbonyl (C=O) groups is 2. The highest BCUT2D eigenvalue weighted by Crippen LogP contribution is 2.37. The van der Waals surface area contributed by atoms with Gasteiger partial charge < -0.3 is 0 Å². The molecule has 0 saturated heterocycles. The third-order valence-electron chi connectivity index (χ3n) is 2.15. The van der Waals surface area contributed by atoms with E-state index >= 15 is 0 Å². The van der Waals surface area contributed by atoms with Crippen molar-refractivity contribution >= 4 is 63.9 Å². The lowest BCUT2D eigenvalue weighted by atomic mass is 10.3. The van der Waals surface area contributed by atoms with Crippen LogP contribution in [0.3, 0.4) is 0 Å². The summed E-state index contributed by atoms with van der Waals surface area (Å²) in [6.07, 6.45) is 0. The molecule has 1 aliphatic heterocycles. The van der Waals surface area contributed by atoms with Gasteiger partial charge in [0.2, 0.25) is 0 Å². The number of hydrogen-bond acceptors (Lipinski definition) is 2. The maximum Gasteiger partial charge on any atom is 0.278 e. The van der Waals surface area contributed by atoms with E-state index in [1.54, 1.807) is 6.07 Å². The molecule has 0 aromatic heterocycles. The lowest BCUT2D eigenvalue weighted by molar-refractivity contribution is -0.120. The van der Waals surface area contributed by atoms with E-state index in [0.717, 1.165) is 4.90 Å². The van der Waals surface area contributed by atoms with Crippen LogP contribution in [0.25, 0.3) is 0 Å². The van der Waals surface area contributed by atoms with E-state index in [1.807, 2.05) is 0 Å². The Hall–Kier alpha value is -0.740. The van der Waals surface area contributed by atoms with Crippen LogP contribution in [-0.2, 0) is 9.59 Å². The second-order valence-electron chi connectivity index (χ2n) is 3.15. The molecule has 0 bridgehead atoms. The number of hydrogen-bond donors (Lipinski definition) is 0. The van der Waals surface area contributed by atoms with Crippen molar-refractivity contribution in [3.05, 3.63) is 38.3 Å². The molecule has 0 saturated carbocycles. The zero-order valence-electron chi connectivity index (χ0n) is 8.01. The first-order chi connectivity index (χ1) is 7.95. The second-order valence-corrected chi connectivity index (χ2v) is 4.69. The molecule has 0 aliphatic carbocycles. The smallest absolute Gasteiger partial charge is 0.267 e. The summed E-state index contributed by atoms with van der Waals surface area (Å²) in [6.45, 7) is 0. The van der Waals surface area contributed by atoms with E-state index in [0.29, 0.717) is 0 Å². The van der Waals surface area contributed by atoms with Crippen molar-refractivity contribution in [3.63, 3.8) is 0 Å². The SMILES string of the molecule is O=C1C(Cl)=C(Cl)C(=O)N1c1cccc(Cl)c1Cl. The van der Waals surface area contributed by atoms with E-state index in [-0.39, 0.29) is 25.8 Å². The van der Waals surface area contributed by atoms with Gasteiger partial charge in [0.25, 0.3) is 11.8 Å². The minimum Gasteiger partial charge on any atom is -0.267 e. The number of amides is 2. The molecule has 0 N–H and O–H groups in total. The summed E-state index contributed by atoms with van der Waals surface area (Å²) in [6, 6.07) is 4.57. The molecule has 0 spiro atoms. The highest BCUT2D eigenvalue weighted by molar-refractivity contribution is 6.62. The molecule has 2 amide bonds. The van der Waals surface area contributed by atoms with Crippen LogP contribution in [0.1, 0.15) is 0 Å². The largest absolute Gasteiger partial charge is 0.278 e. The summed E-state index contributed by atoms with van der Waals surface area (Å²) in [5.74, 6) is -1.43. The number of carbonyl (C=O) groups excluding carboxylic acids is 2. The monoisotopic (exact) mass is 309 g/mol. The fourth-order valence-corrected chi connectivity index (χ4v) is 2.07. The first kappa shape index (κ1) is 12.7. The molecule has 1 aromatic rings. The number of rotatable bonds is 1. The van der Waals surface area contributed by atoms with Crippen LogP contribution in [-0.4, -0.2) is 11.8 Å². The van der Waals surface area contributed by atoms with Crippen molar-refractivity contribution in [1.29, 1.82) is 0 Å². The summed E-state index contributed by atoms with van der Waals surface area (Å²) >= 11 is 22.9. The highest BCUT2D eigenvalue weighted by atomic mass is 35.5. The normalized spacial score (nSPS) is 16.1. The molecule has 0 unspecified atom stereocenters. The molecule has 88 valence electrons. The van der Waals surface area contributed by atoms with E-state index in [2.05, 4.69) is 0 Å². The van der Waals surface area contributed by atoms with Gasteiger partial charge in [0.15, 0.2) is 0 Å². The predicted molar refractivity (Wildman–Crippen MR) is 67.7 cm³/mol. The van der Waals surface area contributed by atoms with Gasteiger partial charge in [0.1, 0.15) is 10.1 Å². The molecule has 3 nitrogen and oxygen atoms in total. The van der Waals surface area contributed by atoms with E-state index in [9.17, 15) is 9.59 Å². The van der Waals surface area contributed by atoms with Gasteiger partial charge in [-0.3, -0.25) is 9.59 Å². The van der Waals surface area contributed by atoms with Crippen molar-refractivity contribution < 1.29 is 9.59 Å². The Morgan fingerprint density at radius 1 is 0.882 bits per heavy atom. The van der Waals surface area contributed by atoms with E-state index in [1.165, 1.54) is 12.1 Å². The molecule has 0 atom stereocenters. The number of nitrogens with zero attached hydrogens (tertiary/aromatic N) is 1. The molecule has 7 heteroatoms. The summed E-state index contributed by atoms with van der Waals surface area (Å²) in [5.41, 5.74) is 0.156. The number of anilines is 1. The van der Waals surface area contributed by atoms with Gasteiger partial charge in [-0.15, -0.1) is 0 Å². The van der Waals surface area contributed by atoms with Gasteiger partial charge >= 0.3 is 0 Å². The minimum absolute atomic E-state index is 0.0895. The molecule has 17 heavy (non-hydrogen) atoms. The van der Waals surface area contributed by atoms with Gasteiger partial charge in [0.05, 0.1) is 15.7 Å². The fourth-order valence-electron chi connectivity index (χ4n) is 1.36. The highest BCUT2D eigenvalue weighted by Gasteiger charge is 2.38. The fraction of sp³-hybridized carbons (Fsp3) is 0. The van der Waals surface area contributed by atoms with E-state index < -0.39 is 11.8 Å².